The molecule has 1 aromatic carbocycles. The summed E-state index contributed by atoms with van der Waals surface area (Å²) in [6.45, 7) is 1.41. The highest BCUT2D eigenvalue weighted by molar-refractivity contribution is 7.92. The van der Waals surface area contributed by atoms with Crippen LogP contribution in [0.1, 0.15) is 25.3 Å². The van der Waals surface area contributed by atoms with E-state index in [1.807, 2.05) is 12.1 Å². The van der Waals surface area contributed by atoms with Gasteiger partial charge in [-0.3, -0.25) is 9.59 Å². The van der Waals surface area contributed by atoms with Gasteiger partial charge in [0.15, 0.2) is 9.84 Å². The maximum Gasteiger partial charge on any atom is 0.326 e. The molecule has 2 rings (SSSR count). The number of carbonyl (C=O) groups excluding carboxylic acids is 2. The Hall–Kier alpha value is -3.30. The minimum absolute atomic E-state index is 0.130. The fraction of sp³-hybridized carbons (Fsp3) is 0.368. The van der Waals surface area contributed by atoms with Gasteiger partial charge in [0.2, 0.25) is 11.7 Å². The Morgan fingerprint density at radius 3 is 2.63 bits per heavy atom. The Morgan fingerprint density at radius 1 is 1.30 bits per heavy atom. The van der Waals surface area contributed by atoms with E-state index in [9.17, 15) is 27.9 Å². The number of carboxylic acid groups (broad SMARTS) is 1. The molecule has 0 aliphatic carbocycles. The van der Waals surface area contributed by atoms with Crippen LogP contribution in [0.15, 0.2) is 30.5 Å². The van der Waals surface area contributed by atoms with Crippen LogP contribution in [0.25, 0.3) is 16.4 Å². The van der Waals surface area contributed by atoms with Crippen molar-refractivity contribution >= 4 is 44.6 Å². The van der Waals surface area contributed by atoms with Crippen LogP contribution in [-0.2, 0) is 30.6 Å². The second-order valence-electron chi connectivity index (χ2n) is 6.65. The van der Waals surface area contributed by atoms with E-state index in [0.717, 1.165) is 10.9 Å². The van der Waals surface area contributed by atoms with Gasteiger partial charge in [-0.15, -0.1) is 0 Å². The summed E-state index contributed by atoms with van der Waals surface area (Å²) in [6, 6.07) is 5.75. The number of aromatic amines is 1. The molecule has 30 heavy (non-hydrogen) atoms. The standard InChI is InChI=1S/C19H22N4O6S/c1-2-30(28,29)17(9-12-10-21-15-6-4-3-5-14(12)15)18(25)23-16(19(26)27)8-7-13(24)11-22-20/h3-6,10-11,16-17,21H,2,7-9H2,1H3,(H,23,25)(H,26,27). The molecule has 0 spiro atoms. The van der Waals surface area contributed by atoms with Gasteiger partial charge in [-0.1, -0.05) is 25.1 Å². The van der Waals surface area contributed by atoms with Gasteiger partial charge in [0.1, 0.15) is 11.3 Å². The average molecular weight is 434 g/mol. The molecule has 0 saturated carbocycles. The second-order valence-corrected chi connectivity index (χ2v) is 9.12. The fourth-order valence-corrected chi connectivity index (χ4v) is 4.25. The normalized spacial score (nSPS) is 13.2. The van der Waals surface area contributed by atoms with Crippen LogP contribution < -0.4 is 5.32 Å². The lowest BCUT2D eigenvalue weighted by Crippen LogP contribution is -2.49. The molecule has 1 aromatic heterocycles. The van der Waals surface area contributed by atoms with Gasteiger partial charge in [0.25, 0.3) is 0 Å². The topological polar surface area (TPSA) is 170 Å². The molecular formula is C19H22N4O6S. The maximum absolute atomic E-state index is 12.8. The van der Waals surface area contributed by atoms with Crippen molar-refractivity contribution in [2.75, 3.05) is 5.75 Å². The van der Waals surface area contributed by atoms with E-state index < -0.39 is 38.8 Å². The molecule has 0 aliphatic heterocycles. The lowest BCUT2D eigenvalue weighted by Gasteiger charge is -2.20. The zero-order valence-electron chi connectivity index (χ0n) is 16.2. The molecule has 11 heteroatoms. The van der Waals surface area contributed by atoms with E-state index in [1.165, 1.54) is 6.92 Å². The number of para-hydroxylation sites is 1. The first kappa shape index (κ1) is 23.0. The van der Waals surface area contributed by atoms with Crippen LogP contribution in [0, 0.1) is 0 Å². The third-order valence-corrected chi connectivity index (χ3v) is 6.76. The van der Waals surface area contributed by atoms with E-state index in [1.54, 1.807) is 18.3 Å². The van der Waals surface area contributed by atoms with E-state index >= 15 is 0 Å². The Bertz CT molecular complexity index is 1100. The number of Topliss-reactive ketones (excluding diaryl/α,β-unsaturated/α-hetero) is 1. The summed E-state index contributed by atoms with van der Waals surface area (Å²) in [5, 5.41) is 10.9. The molecule has 160 valence electrons. The number of carbonyl (C=O) groups is 3. The molecule has 2 aromatic rings. The van der Waals surface area contributed by atoms with Crippen LogP contribution in [0.3, 0.4) is 0 Å². The lowest BCUT2D eigenvalue weighted by molar-refractivity contribution is -0.142. The van der Waals surface area contributed by atoms with Gasteiger partial charge in [-0.2, -0.15) is 4.79 Å². The Balaban J connectivity index is 2.25. The minimum Gasteiger partial charge on any atom is -0.480 e. The highest BCUT2D eigenvalue weighted by Gasteiger charge is 2.34. The number of sulfone groups is 1. The van der Waals surface area contributed by atoms with Crippen molar-refractivity contribution in [1.29, 1.82) is 0 Å². The number of H-pyrrole nitrogens is 1. The van der Waals surface area contributed by atoms with Gasteiger partial charge >= 0.3 is 12.2 Å². The summed E-state index contributed by atoms with van der Waals surface area (Å²) in [5.74, 6) is -3.28. The van der Waals surface area contributed by atoms with Crippen molar-refractivity contribution in [1.82, 2.24) is 10.3 Å². The number of nitrogens with zero attached hydrogens (tertiary/aromatic N) is 2. The van der Waals surface area contributed by atoms with Gasteiger partial charge in [-0.05, 0) is 18.1 Å². The predicted molar refractivity (Wildman–Crippen MR) is 109 cm³/mol. The highest BCUT2D eigenvalue weighted by Crippen LogP contribution is 2.21. The molecule has 3 N–H and O–H groups in total. The molecule has 10 nitrogen and oxygen atoms in total. The minimum atomic E-state index is -3.86. The molecule has 0 fully saturated rings. The van der Waals surface area contributed by atoms with Crippen LogP contribution in [0.4, 0.5) is 0 Å². The predicted octanol–water partition coefficient (Wildman–Crippen LogP) is 0.733. The third-order valence-electron chi connectivity index (χ3n) is 4.70. The van der Waals surface area contributed by atoms with Crippen molar-refractivity contribution in [3.05, 3.63) is 41.6 Å². The van der Waals surface area contributed by atoms with Gasteiger partial charge < -0.3 is 20.9 Å². The molecule has 2 unspecified atom stereocenters. The first-order chi connectivity index (χ1) is 14.2. The monoisotopic (exact) mass is 434 g/mol. The molecular weight excluding hydrogens is 412 g/mol. The number of hydrogen-bond acceptors (Lipinski definition) is 5. The molecule has 1 heterocycles. The molecule has 2 atom stereocenters. The number of aliphatic carboxylic acids is 1. The van der Waals surface area contributed by atoms with Crippen molar-refractivity contribution in [2.45, 2.75) is 37.5 Å². The summed E-state index contributed by atoms with van der Waals surface area (Å²) in [6.07, 6.45) is 1.54. The molecule has 0 radical (unpaired) electrons. The Kier molecular flexibility index (Phi) is 7.62. The number of aromatic nitrogens is 1. The number of amides is 1. The number of carboxylic acids is 1. The zero-order valence-corrected chi connectivity index (χ0v) is 17.1. The molecule has 1 amide bonds. The van der Waals surface area contributed by atoms with Gasteiger partial charge in [-0.25, -0.2) is 13.2 Å². The largest absolute Gasteiger partial charge is 0.480 e. The van der Waals surface area contributed by atoms with Crippen LogP contribution in [0.2, 0.25) is 0 Å². The quantitative estimate of drug-likeness (QED) is 0.267. The Morgan fingerprint density at radius 2 is 2.00 bits per heavy atom. The molecule has 0 bridgehead atoms. The molecule has 0 aliphatic rings. The summed E-state index contributed by atoms with van der Waals surface area (Å²) < 4.78 is 25.2. The smallest absolute Gasteiger partial charge is 0.326 e. The number of benzene rings is 1. The summed E-state index contributed by atoms with van der Waals surface area (Å²) in [5.41, 5.74) is 9.74. The third kappa shape index (κ3) is 5.62. The first-order valence-electron chi connectivity index (χ1n) is 9.19. The average Bonchev–Trinajstić information content (AvgIpc) is 3.12. The van der Waals surface area contributed by atoms with E-state index in [4.69, 9.17) is 5.53 Å². The van der Waals surface area contributed by atoms with E-state index in [-0.39, 0.29) is 25.0 Å². The molecule has 0 saturated heterocycles. The van der Waals surface area contributed by atoms with Gasteiger partial charge in [0, 0.05) is 35.7 Å². The van der Waals surface area contributed by atoms with Gasteiger partial charge in [0.05, 0.1) is 0 Å². The van der Waals surface area contributed by atoms with Crippen LogP contribution in [-0.4, -0.2) is 64.2 Å². The number of rotatable bonds is 11. The lowest BCUT2D eigenvalue weighted by atomic mass is 10.1. The van der Waals surface area contributed by atoms with Crippen LogP contribution in [0.5, 0.6) is 0 Å². The number of fused-ring (bicyclic) bond motifs is 1. The van der Waals surface area contributed by atoms with Crippen molar-refractivity contribution in [3.63, 3.8) is 0 Å². The summed E-state index contributed by atoms with van der Waals surface area (Å²) in [4.78, 5) is 41.3. The van der Waals surface area contributed by atoms with Crippen molar-refractivity contribution < 1.29 is 32.7 Å². The first-order valence-corrected chi connectivity index (χ1v) is 10.9. The number of hydrogen-bond donors (Lipinski definition) is 3. The Labute approximate surface area is 172 Å². The maximum atomic E-state index is 12.8. The van der Waals surface area contributed by atoms with Crippen LogP contribution >= 0.6 is 0 Å². The van der Waals surface area contributed by atoms with E-state index in [0.29, 0.717) is 11.8 Å². The van der Waals surface area contributed by atoms with E-state index in [2.05, 4.69) is 15.1 Å². The van der Waals surface area contributed by atoms with Crippen molar-refractivity contribution in [2.24, 2.45) is 0 Å². The fourth-order valence-electron chi connectivity index (χ4n) is 3.02. The zero-order chi connectivity index (χ0) is 22.3. The number of nitrogens with one attached hydrogen (secondary N) is 2. The second kappa shape index (κ2) is 9.95. The SMILES string of the molecule is CCS(=O)(=O)C(Cc1c[nH]c2ccccc12)C(=O)NC(CCC(=O)C=[N+]=[N-])C(=O)O. The van der Waals surface area contributed by atoms with Crippen molar-refractivity contribution in [3.8, 4) is 0 Å². The summed E-state index contributed by atoms with van der Waals surface area (Å²) >= 11 is 0. The number of ketones is 1. The summed E-state index contributed by atoms with van der Waals surface area (Å²) in [7, 11) is -3.86. The highest BCUT2D eigenvalue weighted by atomic mass is 32.2.